The largest absolute Gasteiger partial charge is 0.456 e. The highest BCUT2D eigenvalue weighted by Gasteiger charge is 2.10. The van der Waals surface area contributed by atoms with Crippen molar-refractivity contribution in [2.75, 3.05) is 0 Å². The second-order valence-corrected chi connectivity index (χ2v) is 7.19. The van der Waals surface area contributed by atoms with Gasteiger partial charge in [-0.15, -0.1) is 0 Å². The summed E-state index contributed by atoms with van der Waals surface area (Å²) in [5, 5.41) is 2.69. The highest BCUT2D eigenvalue weighted by molar-refractivity contribution is 14.1. The summed E-state index contributed by atoms with van der Waals surface area (Å²) in [6, 6.07) is 17.3. The van der Waals surface area contributed by atoms with Crippen molar-refractivity contribution in [1.29, 1.82) is 0 Å². The lowest BCUT2D eigenvalue weighted by Crippen LogP contribution is -2.00. The Balaban J connectivity index is 1.78. The Morgan fingerprint density at radius 3 is 2.80 bits per heavy atom. The van der Waals surface area contributed by atoms with Crippen LogP contribution in [-0.2, 0) is 0 Å². The Hall–Kier alpha value is -2.67. The van der Waals surface area contributed by atoms with Crippen molar-refractivity contribution in [1.82, 2.24) is 9.97 Å². The van der Waals surface area contributed by atoms with Crippen LogP contribution in [0.15, 0.2) is 70.1 Å². The average molecular weight is 438 g/mol. The molecule has 0 aliphatic rings. The van der Waals surface area contributed by atoms with Crippen LogP contribution in [0.25, 0.3) is 44.1 Å². The molecule has 0 aliphatic carbocycles. The van der Waals surface area contributed by atoms with E-state index in [2.05, 4.69) is 38.6 Å². The molecule has 5 rings (SSSR count). The van der Waals surface area contributed by atoms with Crippen LogP contribution in [-0.4, -0.2) is 9.97 Å². The van der Waals surface area contributed by atoms with Crippen LogP contribution in [0.3, 0.4) is 0 Å². The first kappa shape index (κ1) is 14.7. The van der Waals surface area contributed by atoms with E-state index < -0.39 is 0 Å². The molecule has 120 valence electrons. The molecule has 0 atom stereocenters. The molecule has 0 saturated heterocycles. The van der Waals surface area contributed by atoms with Crippen molar-refractivity contribution in [3.63, 3.8) is 0 Å². The number of hydrogen-bond donors (Lipinski definition) is 1. The number of nitrogens with zero attached hydrogens (tertiary/aromatic N) is 1. The lowest BCUT2D eigenvalue weighted by Gasteiger charge is -2.05. The van der Waals surface area contributed by atoms with E-state index >= 15 is 0 Å². The van der Waals surface area contributed by atoms with Crippen molar-refractivity contribution >= 4 is 55.4 Å². The maximum absolute atomic E-state index is 12.6. The topological polar surface area (TPSA) is 58.9 Å². The van der Waals surface area contributed by atoms with Gasteiger partial charge in [0.15, 0.2) is 5.43 Å². The van der Waals surface area contributed by atoms with Gasteiger partial charge in [0.25, 0.3) is 0 Å². The highest BCUT2D eigenvalue weighted by atomic mass is 127. The second-order valence-electron chi connectivity index (χ2n) is 5.95. The molecule has 1 N–H and O–H groups in total. The smallest absolute Gasteiger partial charge is 0.193 e. The van der Waals surface area contributed by atoms with Crippen molar-refractivity contribution in [2.24, 2.45) is 0 Å². The van der Waals surface area contributed by atoms with Gasteiger partial charge in [0, 0.05) is 15.2 Å². The quantitative estimate of drug-likeness (QED) is 0.293. The van der Waals surface area contributed by atoms with Crippen molar-refractivity contribution in [2.45, 2.75) is 0 Å². The minimum atomic E-state index is -0.0404. The van der Waals surface area contributed by atoms with Crippen molar-refractivity contribution in [3.05, 3.63) is 74.7 Å². The van der Waals surface area contributed by atoms with E-state index in [1.54, 1.807) is 12.4 Å². The van der Waals surface area contributed by atoms with E-state index in [0.29, 0.717) is 16.7 Å². The zero-order valence-corrected chi connectivity index (χ0v) is 15.1. The third kappa shape index (κ3) is 2.42. The normalized spacial score (nSPS) is 11.6. The van der Waals surface area contributed by atoms with Gasteiger partial charge in [-0.2, -0.15) is 0 Å². The number of benzene rings is 3. The molecule has 0 spiro atoms. The van der Waals surface area contributed by atoms with Gasteiger partial charge < -0.3 is 9.40 Å². The van der Waals surface area contributed by atoms with Crippen LogP contribution in [0.1, 0.15) is 0 Å². The van der Waals surface area contributed by atoms with Crippen LogP contribution >= 0.6 is 22.6 Å². The molecular weight excluding hydrogens is 427 g/mol. The molecule has 2 aromatic heterocycles. The summed E-state index contributed by atoms with van der Waals surface area (Å²) in [6.45, 7) is 0. The van der Waals surface area contributed by atoms with Gasteiger partial charge >= 0.3 is 0 Å². The molecule has 0 fully saturated rings. The second kappa shape index (κ2) is 5.42. The number of nitrogens with one attached hydrogen (secondary N) is 1. The molecule has 0 radical (unpaired) electrons. The van der Waals surface area contributed by atoms with Gasteiger partial charge in [-0.3, -0.25) is 4.79 Å². The number of H-pyrrole nitrogens is 1. The lowest BCUT2D eigenvalue weighted by atomic mass is 10.1. The highest BCUT2D eigenvalue weighted by Crippen LogP contribution is 2.28. The molecule has 0 aliphatic heterocycles. The van der Waals surface area contributed by atoms with Crippen LogP contribution in [0, 0.1) is 3.57 Å². The Labute approximate surface area is 155 Å². The molecule has 5 heteroatoms. The Bertz CT molecular complexity index is 1330. The number of hydrogen-bond acceptors (Lipinski definition) is 3. The zero-order chi connectivity index (χ0) is 17.0. The SMILES string of the molecule is O=c1cc(-c2ccc3nc[nH]c3c2)oc2cc3cc(I)ccc3cc12. The number of fused-ring (bicyclic) bond motifs is 3. The summed E-state index contributed by atoms with van der Waals surface area (Å²) in [7, 11) is 0. The van der Waals surface area contributed by atoms with E-state index in [0.717, 1.165) is 30.9 Å². The van der Waals surface area contributed by atoms with E-state index in [1.807, 2.05) is 42.5 Å². The maximum Gasteiger partial charge on any atom is 0.193 e. The first-order valence-electron chi connectivity index (χ1n) is 7.78. The molecule has 25 heavy (non-hydrogen) atoms. The van der Waals surface area contributed by atoms with E-state index in [4.69, 9.17) is 4.42 Å². The van der Waals surface area contributed by atoms with E-state index in [-0.39, 0.29) is 5.43 Å². The van der Waals surface area contributed by atoms with Crippen LogP contribution in [0.2, 0.25) is 0 Å². The predicted molar refractivity (Wildman–Crippen MR) is 108 cm³/mol. The fourth-order valence-electron chi connectivity index (χ4n) is 3.10. The Kier molecular flexibility index (Phi) is 3.18. The van der Waals surface area contributed by atoms with Crippen LogP contribution in [0.5, 0.6) is 0 Å². The van der Waals surface area contributed by atoms with Gasteiger partial charge in [0.1, 0.15) is 11.3 Å². The van der Waals surface area contributed by atoms with Crippen LogP contribution in [0.4, 0.5) is 0 Å². The molecule has 3 aromatic carbocycles. The fourth-order valence-corrected chi connectivity index (χ4v) is 3.62. The minimum Gasteiger partial charge on any atom is -0.456 e. The summed E-state index contributed by atoms with van der Waals surface area (Å²) in [5.41, 5.74) is 3.20. The van der Waals surface area contributed by atoms with Gasteiger partial charge in [-0.05, 0) is 75.8 Å². The number of halogens is 1. The summed E-state index contributed by atoms with van der Waals surface area (Å²) < 4.78 is 7.21. The monoisotopic (exact) mass is 438 g/mol. The molecular formula is C20H11IN2O2. The predicted octanol–water partition coefficient (Wildman–Crippen LogP) is 5.09. The van der Waals surface area contributed by atoms with Gasteiger partial charge in [-0.1, -0.05) is 6.07 Å². The maximum atomic E-state index is 12.6. The molecule has 4 nitrogen and oxygen atoms in total. The fraction of sp³-hybridized carbons (Fsp3) is 0. The Morgan fingerprint density at radius 1 is 0.960 bits per heavy atom. The first-order chi connectivity index (χ1) is 12.2. The van der Waals surface area contributed by atoms with E-state index in [9.17, 15) is 4.79 Å². The first-order valence-corrected chi connectivity index (χ1v) is 8.86. The number of imidazole rings is 1. The number of aromatic amines is 1. The van der Waals surface area contributed by atoms with Crippen molar-refractivity contribution < 1.29 is 4.42 Å². The lowest BCUT2D eigenvalue weighted by molar-refractivity contribution is 0.619. The van der Waals surface area contributed by atoms with Gasteiger partial charge in [0.2, 0.25) is 0 Å². The zero-order valence-electron chi connectivity index (χ0n) is 12.9. The summed E-state index contributed by atoms with van der Waals surface area (Å²) in [4.78, 5) is 19.9. The molecule has 0 bridgehead atoms. The van der Waals surface area contributed by atoms with Gasteiger partial charge in [0.05, 0.1) is 22.7 Å². The third-order valence-corrected chi connectivity index (χ3v) is 5.02. The summed E-state index contributed by atoms with van der Waals surface area (Å²) in [5.74, 6) is 0.555. The minimum absolute atomic E-state index is 0.0404. The molecule has 0 amide bonds. The molecule has 0 saturated carbocycles. The van der Waals surface area contributed by atoms with E-state index in [1.165, 1.54) is 0 Å². The molecule has 0 unspecified atom stereocenters. The van der Waals surface area contributed by atoms with Gasteiger partial charge in [-0.25, -0.2) is 4.98 Å². The van der Waals surface area contributed by atoms with Crippen LogP contribution < -0.4 is 5.43 Å². The average Bonchev–Trinajstić information content (AvgIpc) is 3.08. The Morgan fingerprint density at radius 2 is 1.88 bits per heavy atom. The van der Waals surface area contributed by atoms with Crippen molar-refractivity contribution in [3.8, 4) is 11.3 Å². The molecule has 5 aromatic rings. The molecule has 2 heterocycles. The summed E-state index contributed by atoms with van der Waals surface area (Å²) >= 11 is 2.28. The summed E-state index contributed by atoms with van der Waals surface area (Å²) in [6.07, 6.45) is 1.65. The third-order valence-electron chi connectivity index (χ3n) is 4.35. The standard InChI is InChI=1S/C20H11IN2O2/c21-14-3-1-11-6-15-18(24)9-19(25-20(15)8-13(11)5-14)12-2-4-16-17(7-12)23-10-22-16/h1-10H,(H,22,23). The number of rotatable bonds is 1. The number of aromatic nitrogens is 2.